The van der Waals surface area contributed by atoms with Crippen molar-refractivity contribution in [2.24, 2.45) is 0 Å². The minimum atomic E-state index is -0.361. The summed E-state index contributed by atoms with van der Waals surface area (Å²) in [6.45, 7) is 1.91. The first kappa shape index (κ1) is 13.3. The maximum Gasteiger partial charge on any atom is 0.328 e. The first-order chi connectivity index (χ1) is 7.60. The van der Waals surface area contributed by atoms with Crippen LogP contribution in [-0.2, 0) is 9.53 Å². The normalized spacial score (nSPS) is 12.0. The fourth-order valence-electron chi connectivity index (χ4n) is 1.27. The molecule has 1 unspecified atom stereocenters. The summed E-state index contributed by atoms with van der Waals surface area (Å²) < 4.78 is 5.44. The lowest BCUT2D eigenvalue weighted by atomic mass is 10.2. The maximum absolute atomic E-state index is 11.4. The lowest BCUT2D eigenvalue weighted by molar-refractivity contribution is -0.141. The van der Waals surface area contributed by atoms with E-state index in [2.05, 4.69) is 21.2 Å². The Balaban J connectivity index is 2.86. The van der Waals surface area contributed by atoms with Crippen molar-refractivity contribution in [1.29, 1.82) is 0 Å². The number of anilines is 1. The lowest BCUT2D eigenvalue weighted by Gasteiger charge is -2.17. The summed E-state index contributed by atoms with van der Waals surface area (Å²) >= 11 is 9.31. The first-order valence-corrected chi connectivity index (χ1v) is 6.05. The van der Waals surface area contributed by atoms with Crippen molar-refractivity contribution in [3.8, 4) is 0 Å². The van der Waals surface area contributed by atoms with E-state index in [1.165, 1.54) is 7.11 Å². The molecule has 0 bridgehead atoms. The van der Waals surface area contributed by atoms with Crippen LogP contribution >= 0.6 is 27.5 Å². The number of hydrogen-bond donors (Lipinski definition) is 1. The Kier molecular flexibility index (Phi) is 5.09. The second-order valence-electron chi connectivity index (χ2n) is 3.23. The molecule has 0 aliphatic carbocycles. The third-order valence-electron chi connectivity index (χ3n) is 2.18. The highest BCUT2D eigenvalue weighted by Gasteiger charge is 2.17. The minimum absolute atomic E-state index is 0.283. The van der Waals surface area contributed by atoms with E-state index in [9.17, 15) is 4.79 Å². The molecule has 1 rings (SSSR count). The second kappa shape index (κ2) is 6.11. The van der Waals surface area contributed by atoms with Gasteiger partial charge in [0.05, 0.1) is 22.3 Å². The van der Waals surface area contributed by atoms with Crippen molar-refractivity contribution < 1.29 is 9.53 Å². The summed E-state index contributed by atoms with van der Waals surface area (Å²) in [6.07, 6.45) is 0.644. The highest BCUT2D eigenvalue weighted by molar-refractivity contribution is 9.10. The number of hydrogen-bond acceptors (Lipinski definition) is 3. The quantitative estimate of drug-likeness (QED) is 0.866. The molecule has 0 aliphatic heterocycles. The summed E-state index contributed by atoms with van der Waals surface area (Å²) in [5, 5.41) is 3.68. The minimum Gasteiger partial charge on any atom is -0.467 e. The zero-order valence-corrected chi connectivity index (χ0v) is 11.4. The van der Waals surface area contributed by atoms with E-state index in [4.69, 9.17) is 16.3 Å². The third-order valence-corrected chi connectivity index (χ3v) is 3.57. The molecule has 16 heavy (non-hydrogen) atoms. The van der Waals surface area contributed by atoms with Gasteiger partial charge in [-0.15, -0.1) is 0 Å². The molecule has 1 aromatic carbocycles. The van der Waals surface area contributed by atoms with Crippen LogP contribution in [0.25, 0.3) is 0 Å². The topological polar surface area (TPSA) is 38.3 Å². The van der Waals surface area contributed by atoms with Gasteiger partial charge in [0.2, 0.25) is 0 Å². The Morgan fingerprint density at radius 3 is 2.88 bits per heavy atom. The van der Waals surface area contributed by atoms with Crippen LogP contribution in [0.4, 0.5) is 5.69 Å². The summed E-state index contributed by atoms with van der Waals surface area (Å²) in [4.78, 5) is 11.4. The Morgan fingerprint density at radius 1 is 1.62 bits per heavy atom. The smallest absolute Gasteiger partial charge is 0.328 e. The number of carbonyl (C=O) groups excluding carboxylic acids is 1. The molecule has 88 valence electrons. The number of halogens is 2. The SMILES string of the molecule is CCC(Nc1cccc(Cl)c1Br)C(=O)OC. The van der Waals surface area contributed by atoms with E-state index >= 15 is 0 Å². The molecule has 1 aromatic rings. The van der Waals surface area contributed by atoms with Gasteiger partial charge in [0.1, 0.15) is 6.04 Å². The molecule has 0 fully saturated rings. The largest absolute Gasteiger partial charge is 0.467 e. The Morgan fingerprint density at radius 2 is 2.31 bits per heavy atom. The summed E-state index contributed by atoms with van der Waals surface area (Å²) in [5.74, 6) is -0.283. The molecule has 5 heteroatoms. The Bertz CT molecular complexity index is 384. The van der Waals surface area contributed by atoms with Gasteiger partial charge in [-0.05, 0) is 34.5 Å². The third kappa shape index (κ3) is 3.12. The molecule has 0 aliphatic rings. The number of esters is 1. The number of carbonyl (C=O) groups is 1. The summed E-state index contributed by atoms with van der Waals surface area (Å²) in [5.41, 5.74) is 0.782. The zero-order valence-electron chi connectivity index (χ0n) is 9.09. The zero-order chi connectivity index (χ0) is 12.1. The molecular weight excluding hydrogens is 293 g/mol. The number of ether oxygens (including phenoxy) is 1. The van der Waals surface area contributed by atoms with Crippen LogP contribution < -0.4 is 5.32 Å². The van der Waals surface area contributed by atoms with Crippen molar-refractivity contribution in [2.45, 2.75) is 19.4 Å². The second-order valence-corrected chi connectivity index (χ2v) is 4.43. The van der Waals surface area contributed by atoms with Crippen molar-refractivity contribution in [3.05, 3.63) is 27.7 Å². The summed E-state index contributed by atoms with van der Waals surface area (Å²) in [6, 6.07) is 5.08. The van der Waals surface area contributed by atoms with Crippen LogP contribution in [0, 0.1) is 0 Å². The van der Waals surface area contributed by atoms with Crippen molar-refractivity contribution in [2.75, 3.05) is 12.4 Å². The molecule has 0 saturated heterocycles. The Labute approximate surface area is 108 Å². The van der Waals surface area contributed by atoms with Gasteiger partial charge in [-0.1, -0.05) is 24.6 Å². The van der Waals surface area contributed by atoms with Crippen LogP contribution in [0.3, 0.4) is 0 Å². The van der Waals surface area contributed by atoms with Gasteiger partial charge in [-0.3, -0.25) is 0 Å². The predicted molar refractivity (Wildman–Crippen MR) is 68.9 cm³/mol. The highest BCUT2D eigenvalue weighted by Crippen LogP contribution is 2.30. The first-order valence-electron chi connectivity index (χ1n) is 4.88. The molecule has 0 saturated carbocycles. The fraction of sp³-hybridized carbons (Fsp3) is 0.364. The van der Waals surface area contributed by atoms with Gasteiger partial charge in [-0.25, -0.2) is 4.79 Å². The van der Waals surface area contributed by atoms with Gasteiger partial charge in [0, 0.05) is 0 Å². The van der Waals surface area contributed by atoms with E-state index in [0.717, 1.165) is 10.2 Å². The van der Waals surface area contributed by atoms with Crippen LogP contribution in [0.5, 0.6) is 0 Å². The number of methoxy groups -OCH3 is 1. The molecule has 0 heterocycles. The monoisotopic (exact) mass is 305 g/mol. The van der Waals surface area contributed by atoms with E-state index in [-0.39, 0.29) is 12.0 Å². The average Bonchev–Trinajstić information content (AvgIpc) is 2.30. The standard InChI is InChI=1S/C11H13BrClNO2/c1-3-8(11(15)16-2)14-9-6-4-5-7(13)10(9)12/h4-6,8,14H,3H2,1-2H3. The molecule has 0 aromatic heterocycles. The van der Waals surface area contributed by atoms with Crippen LogP contribution in [0.2, 0.25) is 5.02 Å². The molecular formula is C11H13BrClNO2. The maximum atomic E-state index is 11.4. The van der Waals surface area contributed by atoms with Crippen LogP contribution in [0.15, 0.2) is 22.7 Å². The molecule has 0 amide bonds. The molecule has 0 spiro atoms. The van der Waals surface area contributed by atoms with Crippen LogP contribution in [-0.4, -0.2) is 19.1 Å². The lowest BCUT2D eigenvalue weighted by Crippen LogP contribution is -2.29. The number of rotatable bonds is 4. The van der Waals surface area contributed by atoms with Gasteiger partial charge in [-0.2, -0.15) is 0 Å². The fourth-order valence-corrected chi connectivity index (χ4v) is 1.83. The van der Waals surface area contributed by atoms with E-state index in [1.807, 2.05) is 19.1 Å². The van der Waals surface area contributed by atoms with Gasteiger partial charge >= 0.3 is 5.97 Å². The molecule has 3 nitrogen and oxygen atoms in total. The van der Waals surface area contributed by atoms with Gasteiger partial charge in [0.15, 0.2) is 0 Å². The highest BCUT2D eigenvalue weighted by atomic mass is 79.9. The van der Waals surface area contributed by atoms with E-state index in [1.54, 1.807) is 6.07 Å². The van der Waals surface area contributed by atoms with Crippen molar-refractivity contribution >= 4 is 39.2 Å². The summed E-state index contributed by atoms with van der Waals surface area (Å²) in [7, 11) is 1.37. The van der Waals surface area contributed by atoms with Gasteiger partial charge < -0.3 is 10.1 Å². The average molecular weight is 307 g/mol. The van der Waals surface area contributed by atoms with Crippen LogP contribution in [0.1, 0.15) is 13.3 Å². The molecule has 1 atom stereocenters. The Hall–Kier alpha value is -0.740. The molecule has 0 radical (unpaired) electrons. The molecule has 1 N–H and O–H groups in total. The van der Waals surface area contributed by atoms with E-state index < -0.39 is 0 Å². The van der Waals surface area contributed by atoms with E-state index in [0.29, 0.717) is 11.4 Å². The number of benzene rings is 1. The van der Waals surface area contributed by atoms with Gasteiger partial charge in [0.25, 0.3) is 0 Å². The number of nitrogens with one attached hydrogen (secondary N) is 1. The predicted octanol–water partition coefficient (Wildman–Crippen LogP) is 3.47. The van der Waals surface area contributed by atoms with Crippen molar-refractivity contribution in [3.63, 3.8) is 0 Å². The van der Waals surface area contributed by atoms with Crippen molar-refractivity contribution in [1.82, 2.24) is 0 Å².